The first-order valence-corrected chi connectivity index (χ1v) is 7.02. The molecule has 0 unspecified atom stereocenters. The maximum atomic E-state index is 12.6. The molecule has 5 heteroatoms. The van der Waals surface area contributed by atoms with Crippen LogP contribution in [0.4, 0.5) is 5.82 Å². The summed E-state index contributed by atoms with van der Waals surface area (Å²) in [5.41, 5.74) is 1.29. The second-order valence-electron chi connectivity index (χ2n) is 5.41. The molecular weight excluding hydrogens is 254 g/mol. The van der Waals surface area contributed by atoms with E-state index in [9.17, 15) is 4.79 Å². The summed E-state index contributed by atoms with van der Waals surface area (Å²) in [5, 5.41) is 9.07. The van der Waals surface area contributed by atoms with Crippen molar-refractivity contribution in [3.8, 4) is 6.07 Å². The van der Waals surface area contributed by atoms with Gasteiger partial charge in [-0.2, -0.15) is 5.26 Å². The van der Waals surface area contributed by atoms with E-state index in [0.717, 1.165) is 31.4 Å². The molecule has 1 aromatic rings. The average molecular weight is 271 g/mol. The van der Waals surface area contributed by atoms with E-state index in [1.807, 2.05) is 6.92 Å². The van der Waals surface area contributed by atoms with Crippen LogP contribution in [-0.2, 0) is 9.53 Å². The summed E-state index contributed by atoms with van der Waals surface area (Å²) in [5.74, 6) is 0.580. The van der Waals surface area contributed by atoms with Gasteiger partial charge in [-0.15, -0.1) is 0 Å². The van der Waals surface area contributed by atoms with E-state index in [2.05, 4.69) is 11.1 Å². The van der Waals surface area contributed by atoms with Gasteiger partial charge in [-0.05, 0) is 44.7 Å². The molecule has 1 aliphatic carbocycles. The van der Waals surface area contributed by atoms with Gasteiger partial charge in [0, 0.05) is 18.3 Å². The largest absolute Gasteiger partial charge is 0.368 e. The zero-order valence-corrected chi connectivity index (χ0v) is 11.5. The lowest BCUT2D eigenvalue weighted by Crippen LogP contribution is -2.41. The maximum absolute atomic E-state index is 12.6. The van der Waals surface area contributed by atoms with Crippen molar-refractivity contribution in [1.29, 1.82) is 5.26 Å². The predicted molar refractivity (Wildman–Crippen MR) is 73.2 cm³/mol. The number of aromatic nitrogens is 1. The number of amides is 1. The fraction of sp³-hybridized carbons (Fsp3) is 0.533. The summed E-state index contributed by atoms with van der Waals surface area (Å²) in [7, 11) is 0. The lowest BCUT2D eigenvalue weighted by Gasteiger charge is -2.24. The summed E-state index contributed by atoms with van der Waals surface area (Å²) in [4.78, 5) is 18.8. The van der Waals surface area contributed by atoms with Crippen molar-refractivity contribution < 1.29 is 9.53 Å². The maximum Gasteiger partial charge on any atom is 0.257 e. The molecule has 2 aliphatic rings. The van der Waals surface area contributed by atoms with Crippen molar-refractivity contribution in [2.24, 2.45) is 0 Å². The first kappa shape index (κ1) is 13.1. The number of ether oxygens (including phenoxy) is 1. The lowest BCUT2D eigenvalue weighted by molar-refractivity contribution is -0.127. The summed E-state index contributed by atoms with van der Waals surface area (Å²) in [6.07, 6.45) is 3.35. The Bertz CT molecular complexity index is 569. The number of aryl methyl sites for hydroxylation is 1. The van der Waals surface area contributed by atoms with Crippen LogP contribution >= 0.6 is 0 Å². The van der Waals surface area contributed by atoms with Gasteiger partial charge in [0.2, 0.25) is 0 Å². The van der Waals surface area contributed by atoms with E-state index >= 15 is 0 Å². The molecule has 1 saturated carbocycles. The molecule has 2 fully saturated rings. The Morgan fingerprint density at radius 3 is 2.85 bits per heavy atom. The molecule has 0 radical (unpaired) electrons. The molecule has 0 bridgehead atoms. The molecule has 2 heterocycles. The highest BCUT2D eigenvalue weighted by molar-refractivity contribution is 5.97. The highest BCUT2D eigenvalue weighted by Crippen LogP contribution is 2.33. The van der Waals surface area contributed by atoms with Crippen molar-refractivity contribution in [3.05, 3.63) is 23.4 Å². The third-order valence-electron chi connectivity index (χ3n) is 3.67. The highest BCUT2D eigenvalue weighted by atomic mass is 16.5. The van der Waals surface area contributed by atoms with Crippen LogP contribution < -0.4 is 4.90 Å². The minimum atomic E-state index is -0.344. The molecule has 1 aliphatic heterocycles. The van der Waals surface area contributed by atoms with E-state index in [0.29, 0.717) is 18.0 Å². The number of pyridine rings is 1. The number of hydrogen-bond acceptors (Lipinski definition) is 4. The summed E-state index contributed by atoms with van der Waals surface area (Å²) >= 11 is 0. The van der Waals surface area contributed by atoms with Crippen molar-refractivity contribution in [1.82, 2.24) is 4.98 Å². The van der Waals surface area contributed by atoms with Gasteiger partial charge in [0.15, 0.2) is 0 Å². The van der Waals surface area contributed by atoms with Crippen molar-refractivity contribution in [3.63, 3.8) is 0 Å². The second kappa shape index (κ2) is 5.22. The van der Waals surface area contributed by atoms with E-state index in [1.165, 1.54) is 0 Å². The number of carbonyl (C=O) groups excluding carboxylic acids is 1. The van der Waals surface area contributed by atoms with Gasteiger partial charge in [0.1, 0.15) is 11.9 Å². The first-order valence-electron chi connectivity index (χ1n) is 7.02. The van der Waals surface area contributed by atoms with Gasteiger partial charge in [-0.1, -0.05) is 0 Å². The molecule has 0 N–H and O–H groups in total. The Labute approximate surface area is 118 Å². The topological polar surface area (TPSA) is 66.2 Å². The number of nitriles is 1. The monoisotopic (exact) mass is 271 g/mol. The molecular formula is C15H17N3O2. The van der Waals surface area contributed by atoms with Crippen LogP contribution in [0.15, 0.2) is 12.1 Å². The second-order valence-corrected chi connectivity index (χ2v) is 5.41. The smallest absolute Gasteiger partial charge is 0.257 e. The van der Waals surface area contributed by atoms with Crippen LogP contribution in [0.25, 0.3) is 0 Å². The SMILES string of the molecule is Cc1cc(C#N)cc(N(C(=O)[C@H]2CCCO2)C2CC2)n1. The van der Waals surface area contributed by atoms with Crippen molar-refractivity contribution >= 4 is 11.7 Å². The van der Waals surface area contributed by atoms with Gasteiger partial charge >= 0.3 is 0 Å². The predicted octanol–water partition coefficient (Wildman–Crippen LogP) is 1.94. The third kappa shape index (κ3) is 2.52. The summed E-state index contributed by atoms with van der Waals surface area (Å²) < 4.78 is 5.50. The van der Waals surface area contributed by atoms with E-state index in [1.54, 1.807) is 17.0 Å². The zero-order chi connectivity index (χ0) is 14.1. The molecule has 0 aromatic carbocycles. The number of carbonyl (C=O) groups is 1. The molecule has 1 amide bonds. The lowest BCUT2D eigenvalue weighted by atomic mass is 10.2. The number of hydrogen-bond donors (Lipinski definition) is 0. The van der Waals surface area contributed by atoms with Gasteiger partial charge in [-0.3, -0.25) is 9.69 Å². The number of anilines is 1. The number of nitrogens with zero attached hydrogens (tertiary/aromatic N) is 3. The molecule has 1 atom stereocenters. The Balaban J connectivity index is 1.92. The van der Waals surface area contributed by atoms with Crippen molar-refractivity contribution in [2.45, 2.75) is 44.8 Å². The van der Waals surface area contributed by atoms with E-state index in [-0.39, 0.29) is 18.1 Å². The summed E-state index contributed by atoms with van der Waals surface area (Å²) in [6.45, 7) is 2.49. The molecule has 3 rings (SSSR count). The Kier molecular flexibility index (Phi) is 3.41. The summed E-state index contributed by atoms with van der Waals surface area (Å²) in [6, 6.07) is 5.76. The van der Waals surface area contributed by atoms with Crippen LogP contribution in [0.2, 0.25) is 0 Å². The van der Waals surface area contributed by atoms with E-state index < -0.39 is 0 Å². The molecule has 1 aromatic heterocycles. The molecule has 20 heavy (non-hydrogen) atoms. The van der Waals surface area contributed by atoms with Crippen LogP contribution in [0, 0.1) is 18.3 Å². The fourth-order valence-corrected chi connectivity index (χ4v) is 2.58. The average Bonchev–Trinajstić information content (AvgIpc) is 3.10. The van der Waals surface area contributed by atoms with Crippen LogP contribution in [0.1, 0.15) is 36.9 Å². The van der Waals surface area contributed by atoms with Crippen molar-refractivity contribution in [2.75, 3.05) is 11.5 Å². The Hall–Kier alpha value is -1.93. The van der Waals surface area contributed by atoms with Crippen LogP contribution in [-0.4, -0.2) is 29.6 Å². The standard InChI is InChI=1S/C15H17N3O2/c1-10-7-11(9-16)8-14(17-10)18(12-4-5-12)15(19)13-3-2-6-20-13/h7-8,12-13H,2-6H2,1H3/t13-/m1/s1. The van der Waals surface area contributed by atoms with Crippen LogP contribution in [0.3, 0.4) is 0 Å². The normalized spacial score (nSPS) is 21.5. The van der Waals surface area contributed by atoms with Crippen LogP contribution in [0.5, 0.6) is 0 Å². The number of rotatable bonds is 3. The zero-order valence-electron chi connectivity index (χ0n) is 11.5. The van der Waals surface area contributed by atoms with E-state index in [4.69, 9.17) is 10.00 Å². The van der Waals surface area contributed by atoms with Gasteiger partial charge < -0.3 is 4.74 Å². The minimum Gasteiger partial charge on any atom is -0.368 e. The molecule has 104 valence electrons. The Morgan fingerprint density at radius 2 is 2.25 bits per heavy atom. The minimum absolute atomic E-state index is 0.00742. The molecule has 0 spiro atoms. The Morgan fingerprint density at radius 1 is 1.45 bits per heavy atom. The molecule has 1 saturated heterocycles. The first-order chi connectivity index (χ1) is 9.69. The van der Waals surface area contributed by atoms with Gasteiger partial charge in [0.25, 0.3) is 5.91 Å². The quantitative estimate of drug-likeness (QED) is 0.842. The van der Waals surface area contributed by atoms with Gasteiger partial charge in [-0.25, -0.2) is 4.98 Å². The molecule has 5 nitrogen and oxygen atoms in total. The highest BCUT2D eigenvalue weighted by Gasteiger charge is 2.39. The fourth-order valence-electron chi connectivity index (χ4n) is 2.58. The third-order valence-corrected chi connectivity index (χ3v) is 3.67. The van der Waals surface area contributed by atoms with Gasteiger partial charge in [0.05, 0.1) is 11.6 Å².